The summed E-state index contributed by atoms with van der Waals surface area (Å²) in [5.74, 6) is 2.03. The third kappa shape index (κ3) is 5.82. The van der Waals surface area contributed by atoms with Crippen molar-refractivity contribution in [2.24, 2.45) is 10.9 Å². The largest absolute Gasteiger partial charge is 0.444 e. The molecule has 1 fully saturated rings. The summed E-state index contributed by atoms with van der Waals surface area (Å²) in [4.78, 5) is 11.4. The Morgan fingerprint density at radius 1 is 1.22 bits per heavy atom. The van der Waals surface area contributed by atoms with Crippen LogP contribution < -0.4 is 10.6 Å². The zero-order valence-electron chi connectivity index (χ0n) is 16.7. The summed E-state index contributed by atoms with van der Waals surface area (Å²) in [6.45, 7) is 9.47. The minimum atomic E-state index is 0.579. The van der Waals surface area contributed by atoms with Gasteiger partial charge in [-0.3, -0.25) is 4.99 Å². The Labute approximate surface area is 162 Å². The van der Waals surface area contributed by atoms with E-state index in [2.05, 4.69) is 51.5 Å². The van der Waals surface area contributed by atoms with Gasteiger partial charge in [-0.05, 0) is 50.9 Å². The maximum atomic E-state index is 5.61. The van der Waals surface area contributed by atoms with Crippen LogP contribution in [0, 0.1) is 12.8 Å². The number of nitrogens with one attached hydrogen (secondary N) is 2. The fourth-order valence-electron chi connectivity index (χ4n) is 3.35. The first kappa shape index (κ1) is 19.4. The summed E-state index contributed by atoms with van der Waals surface area (Å²) in [6, 6.07) is 8.18. The second-order valence-corrected chi connectivity index (χ2v) is 7.43. The molecule has 1 aliphatic rings. The van der Waals surface area contributed by atoms with Gasteiger partial charge in [0, 0.05) is 25.7 Å². The van der Waals surface area contributed by atoms with Gasteiger partial charge in [0.25, 0.3) is 0 Å². The average molecular weight is 370 g/mol. The molecule has 1 unspecified atom stereocenters. The van der Waals surface area contributed by atoms with Crippen LogP contribution in [0.5, 0.6) is 0 Å². The van der Waals surface area contributed by atoms with Crippen LogP contribution >= 0.6 is 0 Å². The maximum absolute atomic E-state index is 5.61. The van der Waals surface area contributed by atoms with E-state index in [1.54, 1.807) is 13.3 Å². The van der Waals surface area contributed by atoms with Crippen molar-refractivity contribution in [3.8, 4) is 11.5 Å². The summed E-state index contributed by atoms with van der Waals surface area (Å²) in [5, 5.41) is 6.72. The molecular weight excluding hydrogens is 338 g/mol. The number of aromatic nitrogens is 1. The lowest BCUT2D eigenvalue weighted by molar-refractivity contribution is 0.287. The molecule has 1 aromatic heterocycles. The van der Waals surface area contributed by atoms with Crippen molar-refractivity contribution < 1.29 is 4.42 Å². The van der Waals surface area contributed by atoms with E-state index in [4.69, 9.17) is 4.42 Å². The molecule has 6 heteroatoms. The lowest BCUT2D eigenvalue weighted by atomic mass is 10.1. The van der Waals surface area contributed by atoms with Gasteiger partial charge < -0.3 is 20.0 Å². The molecule has 1 atom stereocenters. The van der Waals surface area contributed by atoms with Crippen LogP contribution in [0.4, 0.5) is 0 Å². The van der Waals surface area contributed by atoms with Crippen LogP contribution in [0.3, 0.4) is 0 Å². The van der Waals surface area contributed by atoms with Crippen molar-refractivity contribution in [1.82, 2.24) is 20.5 Å². The molecule has 27 heavy (non-hydrogen) atoms. The molecule has 2 heterocycles. The van der Waals surface area contributed by atoms with E-state index in [1.165, 1.54) is 31.5 Å². The molecule has 2 aromatic rings. The summed E-state index contributed by atoms with van der Waals surface area (Å²) in [7, 11) is 1.79. The van der Waals surface area contributed by atoms with Crippen LogP contribution in [0.2, 0.25) is 0 Å². The molecule has 6 nitrogen and oxygen atoms in total. The van der Waals surface area contributed by atoms with Crippen molar-refractivity contribution in [1.29, 1.82) is 0 Å². The van der Waals surface area contributed by atoms with Crippen LogP contribution in [-0.2, 0) is 6.54 Å². The highest BCUT2D eigenvalue weighted by molar-refractivity contribution is 5.79. The lowest BCUT2D eigenvalue weighted by Gasteiger charge is -2.21. The number of hydrogen-bond acceptors (Lipinski definition) is 4. The van der Waals surface area contributed by atoms with Crippen molar-refractivity contribution in [2.75, 3.05) is 33.2 Å². The number of oxazole rings is 1. The Morgan fingerprint density at radius 3 is 2.67 bits per heavy atom. The quantitative estimate of drug-likeness (QED) is 0.580. The van der Waals surface area contributed by atoms with Crippen molar-refractivity contribution in [3.63, 3.8) is 0 Å². The highest BCUT2D eigenvalue weighted by atomic mass is 16.3. The Kier molecular flexibility index (Phi) is 6.87. The monoisotopic (exact) mass is 369 g/mol. The third-order valence-electron chi connectivity index (χ3n) is 4.90. The standard InChI is InChI=1S/C21H31N5O/c1-16-6-8-18(9-7-16)20-25-19(15-27-20)13-24-21(22-3)23-12-17(2)14-26-10-4-5-11-26/h6-9,15,17H,4-5,10-14H2,1-3H3,(H2,22,23,24). The Hall–Kier alpha value is -2.34. The Bertz CT molecular complexity index is 731. The molecule has 0 aliphatic carbocycles. The maximum Gasteiger partial charge on any atom is 0.226 e. The SMILES string of the molecule is CN=C(NCc1coc(-c2ccc(C)cc2)n1)NCC(C)CN1CCCC1. The van der Waals surface area contributed by atoms with Crippen molar-refractivity contribution >= 4 is 5.96 Å². The molecule has 0 bridgehead atoms. The molecule has 1 aliphatic heterocycles. The van der Waals surface area contributed by atoms with E-state index in [0.717, 1.165) is 30.3 Å². The smallest absolute Gasteiger partial charge is 0.226 e. The highest BCUT2D eigenvalue weighted by Crippen LogP contribution is 2.19. The number of aryl methyl sites for hydroxylation is 1. The minimum absolute atomic E-state index is 0.579. The summed E-state index contributed by atoms with van der Waals surface area (Å²) in [5.41, 5.74) is 3.07. The van der Waals surface area contributed by atoms with Crippen LogP contribution in [0.25, 0.3) is 11.5 Å². The molecule has 146 valence electrons. The number of nitrogens with zero attached hydrogens (tertiary/aromatic N) is 3. The van der Waals surface area contributed by atoms with Gasteiger partial charge in [-0.25, -0.2) is 4.98 Å². The summed E-state index contributed by atoms with van der Waals surface area (Å²) >= 11 is 0. The van der Waals surface area contributed by atoms with Gasteiger partial charge in [-0.2, -0.15) is 0 Å². The molecule has 2 N–H and O–H groups in total. The normalized spacial score (nSPS) is 16.5. The van der Waals surface area contributed by atoms with Gasteiger partial charge >= 0.3 is 0 Å². The number of guanidine groups is 1. The number of likely N-dealkylation sites (tertiary alicyclic amines) is 1. The first-order chi connectivity index (χ1) is 13.1. The highest BCUT2D eigenvalue weighted by Gasteiger charge is 2.15. The number of benzene rings is 1. The Balaban J connectivity index is 1.44. The second-order valence-electron chi connectivity index (χ2n) is 7.43. The van der Waals surface area contributed by atoms with Crippen LogP contribution in [0.1, 0.15) is 31.0 Å². The Morgan fingerprint density at radius 2 is 1.96 bits per heavy atom. The minimum Gasteiger partial charge on any atom is -0.444 e. The topological polar surface area (TPSA) is 65.7 Å². The molecular formula is C21H31N5O. The second kappa shape index (κ2) is 9.55. The van der Waals surface area contributed by atoms with Crippen LogP contribution in [0.15, 0.2) is 39.9 Å². The van der Waals surface area contributed by atoms with Gasteiger partial charge in [0.15, 0.2) is 5.96 Å². The zero-order chi connectivity index (χ0) is 19.1. The summed E-state index contributed by atoms with van der Waals surface area (Å²) < 4.78 is 5.61. The van der Waals surface area contributed by atoms with Crippen molar-refractivity contribution in [2.45, 2.75) is 33.2 Å². The van der Waals surface area contributed by atoms with Gasteiger partial charge in [-0.15, -0.1) is 0 Å². The van der Waals surface area contributed by atoms with E-state index < -0.39 is 0 Å². The zero-order valence-corrected chi connectivity index (χ0v) is 16.7. The first-order valence-electron chi connectivity index (χ1n) is 9.82. The summed E-state index contributed by atoms with van der Waals surface area (Å²) in [6.07, 6.45) is 4.38. The molecule has 0 spiro atoms. The fraction of sp³-hybridized carbons (Fsp3) is 0.524. The first-order valence-corrected chi connectivity index (χ1v) is 9.82. The molecule has 0 radical (unpaired) electrons. The molecule has 0 saturated carbocycles. The van der Waals surface area contributed by atoms with E-state index in [1.807, 2.05) is 12.1 Å². The third-order valence-corrected chi connectivity index (χ3v) is 4.90. The fourth-order valence-corrected chi connectivity index (χ4v) is 3.35. The number of aliphatic imine (C=N–C) groups is 1. The van der Waals surface area contributed by atoms with E-state index >= 15 is 0 Å². The van der Waals surface area contributed by atoms with E-state index in [-0.39, 0.29) is 0 Å². The van der Waals surface area contributed by atoms with Gasteiger partial charge in [0.05, 0.1) is 12.2 Å². The van der Waals surface area contributed by atoms with E-state index in [9.17, 15) is 0 Å². The number of rotatable bonds is 7. The molecule has 1 saturated heterocycles. The van der Waals surface area contributed by atoms with Crippen molar-refractivity contribution in [3.05, 3.63) is 41.8 Å². The van der Waals surface area contributed by atoms with E-state index in [0.29, 0.717) is 18.4 Å². The molecule has 0 amide bonds. The van der Waals surface area contributed by atoms with Gasteiger partial charge in [0.1, 0.15) is 6.26 Å². The molecule has 1 aromatic carbocycles. The number of hydrogen-bond donors (Lipinski definition) is 2. The van der Waals surface area contributed by atoms with Crippen LogP contribution in [-0.4, -0.2) is 49.1 Å². The van der Waals surface area contributed by atoms with Gasteiger partial charge in [-0.1, -0.05) is 24.6 Å². The predicted octanol–water partition coefficient (Wildman–Crippen LogP) is 3.05. The van der Waals surface area contributed by atoms with Gasteiger partial charge in [0.2, 0.25) is 5.89 Å². The lowest BCUT2D eigenvalue weighted by Crippen LogP contribution is -2.41. The predicted molar refractivity (Wildman–Crippen MR) is 110 cm³/mol. The molecule has 3 rings (SSSR count). The average Bonchev–Trinajstić information content (AvgIpc) is 3.34.